The number of anilines is 1. The standard InChI is InChI=1S/C19H22N6O4S2/c20-8-10-30(26,27)16-6-5-14(12-7-9-22-15-4-2-1-3-13(12)15)17(18(16)31(21,28)29)19-23-11-24-25-19/h1-6,12,22H,7-11,20H2,(H2,21,28,29). The molecule has 1 atom stereocenters. The van der Waals surface area contributed by atoms with Crippen molar-refractivity contribution in [3.63, 3.8) is 0 Å². The van der Waals surface area contributed by atoms with Crippen LogP contribution in [-0.4, -0.2) is 48.2 Å². The molecule has 2 heterocycles. The minimum atomic E-state index is -4.46. The van der Waals surface area contributed by atoms with Gasteiger partial charge in [-0.3, -0.25) is 0 Å². The van der Waals surface area contributed by atoms with E-state index >= 15 is 0 Å². The van der Waals surface area contributed by atoms with Gasteiger partial charge in [-0.25, -0.2) is 27.0 Å². The highest BCUT2D eigenvalue weighted by atomic mass is 32.2. The van der Waals surface area contributed by atoms with Crippen LogP contribution in [-0.2, 0) is 19.9 Å². The molecule has 2 aromatic carbocycles. The lowest BCUT2D eigenvalue weighted by atomic mass is 9.82. The van der Waals surface area contributed by atoms with Gasteiger partial charge in [-0.15, -0.1) is 5.11 Å². The van der Waals surface area contributed by atoms with Crippen LogP contribution >= 0.6 is 0 Å². The van der Waals surface area contributed by atoms with Crippen molar-refractivity contribution < 1.29 is 16.8 Å². The molecule has 0 fully saturated rings. The number of rotatable bonds is 6. The lowest BCUT2D eigenvalue weighted by molar-refractivity contribution is 0.582. The van der Waals surface area contributed by atoms with Gasteiger partial charge in [0.15, 0.2) is 22.3 Å². The summed E-state index contributed by atoms with van der Waals surface area (Å²) in [6, 6.07) is 10.6. The number of hydrogen-bond acceptors (Lipinski definition) is 9. The van der Waals surface area contributed by atoms with E-state index in [0.29, 0.717) is 18.5 Å². The fraction of sp³-hybridized carbons (Fsp3) is 0.316. The molecule has 0 aliphatic carbocycles. The van der Waals surface area contributed by atoms with Gasteiger partial charge < -0.3 is 11.1 Å². The number of nitrogens with two attached hydrogens (primary N) is 2. The number of nitrogens with zero attached hydrogens (tertiary/aromatic N) is 3. The van der Waals surface area contributed by atoms with Crippen LogP contribution in [0.4, 0.5) is 5.69 Å². The molecule has 0 aromatic heterocycles. The molecule has 2 aliphatic heterocycles. The molecule has 12 heteroatoms. The predicted molar refractivity (Wildman–Crippen MR) is 117 cm³/mol. The smallest absolute Gasteiger partial charge is 0.240 e. The summed E-state index contributed by atoms with van der Waals surface area (Å²) < 4.78 is 51.1. The highest BCUT2D eigenvalue weighted by Gasteiger charge is 2.35. The molecule has 2 aromatic rings. The van der Waals surface area contributed by atoms with Crippen molar-refractivity contribution in [2.75, 3.05) is 30.8 Å². The van der Waals surface area contributed by atoms with E-state index in [0.717, 1.165) is 11.3 Å². The Morgan fingerprint density at radius 2 is 1.84 bits per heavy atom. The van der Waals surface area contributed by atoms with Crippen LogP contribution < -0.4 is 16.2 Å². The lowest BCUT2D eigenvalue weighted by Crippen LogP contribution is -2.26. The molecule has 31 heavy (non-hydrogen) atoms. The fourth-order valence-corrected chi connectivity index (χ4v) is 6.80. The zero-order valence-electron chi connectivity index (χ0n) is 16.5. The van der Waals surface area contributed by atoms with Crippen LogP contribution in [0.3, 0.4) is 0 Å². The number of hydrogen-bond donors (Lipinski definition) is 3. The van der Waals surface area contributed by atoms with Crippen molar-refractivity contribution >= 4 is 31.4 Å². The molecule has 0 spiro atoms. The van der Waals surface area contributed by atoms with Gasteiger partial charge in [0, 0.05) is 30.3 Å². The summed E-state index contributed by atoms with van der Waals surface area (Å²) in [4.78, 5) is 3.29. The third kappa shape index (κ3) is 3.99. The average molecular weight is 463 g/mol. The maximum atomic E-state index is 12.8. The van der Waals surface area contributed by atoms with Crippen LogP contribution in [0.25, 0.3) is 0 Å². The third-order valence-corrected chi connectivity index (χ3v) is 8.20. The number of aliphatic imine (C=N–C) groups is 1. The first-order valence-corrected chi connectivity index (χ1v) is 12.8. The Balaban J connectivity index is 2.06. The first kappa shape index (κ1) is 21.6. The van der Waals surface area contributed by atoms with Crippen molar-refractivity contribution in [2.24, 2.45) is 26.1 Å². The zero-order chi connectivity index (χ0) is 22.2. The van der Waals surface area contributed by atoms with Gasteiger partial charge in [-0.1, -0.05) is 24.3 Å². The molecule has 0 radical (unpaired) electrons. The molecule has 10 nitrogen and oxygen atoms in total. The van der Waals surface area contributed by atoms with Crippen molar-refractivity contribution in [3.8, 4) is 0 Å². The number of amidine groups is 1. The summed E-state index contributed by atoms with van der Waals surface area (Å²) in [5.74, 6) is -0.573. The summed E-state index contributed by atoms with van der Waals surface area (Å²) in [5.41, 5.74) is 8.01. The van der Waals surface area contributed by atoms with Gasteiger partial charge in [0.05, 0.1) is 10.6 Å². The van der Waals surface area contributed by atoms with E-state index in [1.54, 1.807) is 6.07 Å². The Morgan fingerprint density at radius 1 is 1.06 bits per heavy atom. The Labute approximate surface area is 180 Å². The van der Waals surface area contributed by atoms with Crippen LogP contribution in [0.1, 0.15) is 29.0 Å². The fourth-order valence-electron chi connectivity index (χ4n) is 4.04. The quantitative estimate of drug-likeness (QED) is 0.582. The van der Waals surface area contributed by atoms with E-state index in [9.17, 15) is 16.8 Å². The number of benzene rings is 2. The van der Waals surface area contributed by atoms with Gasteiger partial charge in [0.1, 0.15) is 4.90 Å². The van der Waals surface area contributed by atoms with Crippen LogP contribution in [0, 0.1) is 0 Å². The maximum Gasteiger partial charge on any atom is 0.240 e. The van der Waals surface area contributed by atoms with Gasteiger partial charge in [-0.05, 0) is 29.7 Å². The molecule has 0 bridgehead atoms. The number of sulfone groups is 1. The number of fused-ring (bicyclic) bond motifs is 1. The summed E-state index contributed by atoms with van der Waals surface area (Å²) in [6.45, 7) is 0.528. The monoisotopic (exact) mass is 462 g/mol. The van der Waals surface area contributed by atoms with Crippen molar-refractivity contribution in [1.29, 1.82) is 0 Å². The van der Waals surface area contributed by atoms with Crippen LogP contribution in [0.2, 0.25) is 0 Å². The van der Waals surface area contributed by atoms with Crippen molar-refractivity contribution in [1.82, 2.24) is 0 Å². The molecule has 5 N–H and O–H groups in total. The second-order valence-electron chi connectivity index (χ2n) is 7.23. The molecule has 1 unspecified atom stereocenters. The number of para-hydroxylation sites is 1. The molecule has 2 aliphatic rings. The second-order valence-corrected chi connectivity index (χ2v) is 10.8. The Morgan fingerprint density at radius 3 is 2.52 bits per heavy atom. The van der Waals surface area contributed by atoms with E-state index in [1.807, 2.05) is 24.3 Å². The van der Waals surface area contributed by atoms with E-state index < -0.39 is 35.4 Å². The number of sulfonamides is 1. The molecule has 0 saturated heterocycles. The number of primary sulfonamides is 1. The van der Waals surface area contributed by atoms with E-state index in [-0.39, 0.29) is 30.5 Å². The first-order chi connectivity index (χ1) is 14.7. The lowest BCUT2D eigenvalue weighted by Gasteiger charge is -2.29. The van der Waals surface area contributed by atoms with E-state index in [2.05, 4.69) is 20.5 Å². The van der Waals surface area contributed by atoms with Crippen molar-refractivity contribution in [2.45, 2.75) is 22.1 Å². The average Bonchev–Trinajstić information content (AvgIpc) is 3.26. The van der Waals surface area contributed by atoms with Gasteiger partial charge in [0.2, 0.25) is 10.0 Å². The second kappa shape index (κ2) is 8.11. The molecular weight excluding hydrogens is 440 g/mol. The maximum absolute atomic E-state index is 12.8. The SMILES string of the molecule is NCCS(=O)(=O)c1ccc(C2CCNc3ccccc32)c(C2=NCN=N2)c1S(N)(=O)=O. The molecular formula is C19H22N6O4S2. The Bertz CT molecular complexity index is 1300. The number of azo groups is 1. The highest BCUT2D eigenvalue weighted by molar-refractivity contribution is 7.93. The van der Waals surface area contributed by atoms with Crippen LogP contribution in [0.15, 0.2) is 61.4 Å². The zero-order valence-corrected chi connectivity index (χ0v) is 18.2. The van der Waals surface area contributed by atoms with Gasteiger partial charge >= 0.3 is 0 Å². The Kier molecular flexibility index (Phi) is 5.64. The summed E-state index contributed by atoms with van der Waals surface area (Å²) in [5, 5.41) is 16.7. The van der Waals surface area contributed by atoms with Gasteiger partial charge in [0.25, 0.3) is 0 Å². The third-order valence-electron chi connectivity index (χ3n) is 5.29. The molecule has 0 saturated carbocycles. The summed E-state index contributed by atoms with van der Waals surface area (Å²) >= 11 is 0. The van der Waals surface area contributed by atoms with Crippen LogP contribution in [0.5, 0.6) is 0 Å². The van der Waals surface area contributed by atoms with Gasteiger partial charge in [-0.2, -0.15) is 5.11 Å². The van der Waals surface area contributed by atoms with Crippen molar-refractivity contribution in [3.05, 3.63) is 53.1 Å². The van der Waals surface area contributed by atoms with E-state index in [1.165, 1.54) is 6.07 Å². The first-order valence-electron chi connectivity index (χ1n) is 9.61. The number of nitrogens with one attached hydrogen (secondary N) is 1. The normalized spacial score (nSPS) is 18.4. The largest absolute Gasteiger partial charge is 0.385 e. The molecule has 4 rings (SSSR count). The van der Waals surface area contributed by atoms with E-state index in [4.69, 9.17) is 10.9 Å². The highest BCUT2D eigenvalue weighted by Crippen LogP contribution is 2.41. The molecule has 164 valence electrons. The molecule has 0 amide bonds. The summed E-state index contributed by atoms with van der Waals surface area (Å²) in [6.07, 6.45) is 0.660. The minimum absolute atomic E-state index is 0.0292. The predicted octanol–water partition coefficient (Wildman–Crippen LogP) is 1.18. The Hall–Kier alpha value is -2.67. The topological polar surface area (TPSA) is 169 Å². The minimum Gasteiger partial charge on any atom is -0.385 e. The summed E-state index contributed by atoms with van der Waals surface area (Å²) in [7, 11) is -8.47.